The lowest BCUT2D eigenvalue weighted by Gasteiger charge is -2.09. The zero-order valence-corrected chi connectivity index (χ0v) is 22.7. The molecule has 0 aliphatic rings. The average molecular weight is 577 g/mol. The first kappa shape index (κ1) is 31.3. The summed E-state index contributed by atoms with van der Waals surface area (Å²) in [6, 6.07) is 15.2. The number of unbranched alkanes of at least 4 members (excludes halogenated alkanes) is 3. The van der Waals surface area contributed by atoms with Crippen molar-refractivity contribution < 1.29 is 47.3 Å². The number of ether oxygens (including phenoxy) is 5. The lowest BCUT2D eigenvalue weighted by Crippen LogP contribution is -2.11. The van der Waals surface area contributed by atoms with Gasteiger partial charge in [-0.15, -0.1) is 0 Å². The highest BCUT2D eigenvalue weighted by molar-refractivity contribution is 5.92. The second-order valence-electron chi connectivity index (χ2n) is 8.68. The van der Waals surface area contributed by atoms with E-state index in [1.54, 1.807) is 12.1 Å². The number of rotatable bonds is 15. The van der Waals surface area contributed by atoms with Crippen LogP contribution >= 0.6 is 0 Å². The van der Waals surface area contributed by atoms with Crippen LogP contribution < -0.4 is 18.9 Å². The van der Waals surface area contributed by atoms with Crippen molar-refractivity contribution in [3.63, 3.8) is 0 Å². The van der Waals surface area contributed by atoms with Gasteiger partial charge in [-0.2, -0.15) is 0 Å². The minimum absolute atomic E-state index is 0.0785. The second-order valence-corrected chi connectivity index (χ2v) is 8.68. The number of hydrogen-bond donors (Lipinski definition) is 0. The highest BCUT2D eigenvalue weighted by Gasteiger charge is 2.15. The summed E-state index contributed by atoms with van der Waals surface area (Å²) in [4.78, 5) is 47.1. The molecule has 0 unspecified atom stereocenters. The Morgan fingerprint density at radius 2 is 1.17 bits per heavy atom. The molecular weight excluding hydrogens is 547 g/mol. The van der Waals surface area contributed by atoms with E-state index in [1.165, 1.54) is 48.5 Å². The maximum Gasteiger partial charge on any atom is 0.343 e. The van der Waals surface area contributed by atoms with Gasteiger partial charge >= 0.3 is 23.9 Å². The van der Waals surface area contributed by atoms with Gasteiger partial charge in [0.1, 0.15) is 17.2 Å². The molecule has 0 amide bonds. The molecule has 0 bridgehead atoms. The smallest absolute Gasteiger partial charge is 0.343 e. The largest absolute Gasteiger partial charge is 0.494 e. The molecule has 0 spiro atoms. The van der Waals surface area contributed by atoms with Gasteiger partial charge in [0.2, 0.25) is 0 Å². The summed E-state index contributed by atoms with van der Waals surface area (Å²) < 4.78 is 40.4. The molecule has 0 aromatic heterocycles. The summed E-state index contributed by atoms with van der Waals surface area (Å²) in [5.41, 5.74) is 0.328. The van der Waals surface area contributed by atoms with Gasteiger partial charge in [-0.05, 0) is 86.3 Å². The molecular formula is C32H29FO9. The van der Waals surface area contributed by atoms with E-state index in [4.69, 9.17) is 23.7 Å². The number of carbonyl (C=O) groups is 4. The Kier molecular flexibility index (Phi) is 12.0. The van der Waals surface area contributed by atoms with E-state index in [1.807, 2.05) is 0 Å². The van der Waals surface area contributed by atoms with E-state index >= 15 is 0 Å². The molecule has 3 aromatic rings. The molecule has 0 fully saturated rings. The molecule has 3 rings (SSSR count). The van der Waals surface area contributed by atoms with Crippen molar-refractivity contribution >= 4 is 23.9 Å². The van der Waals surface area contributed by atoms with Gasteiger partial charge in [0.05, 0.1) is 24.3 Å². The minimum atomic E-state index is -0.910. The summed E-state index contributed by atoms with van der Waals surface area (Å²) in [5, 5.41) is 0. The van der Waals surface area contributed by atoms with Crippen LogP contribution in [0.1, 0.15) is 46.4 Å². The SMILES string of the molecule is C=CC(=O)OCCCCCCOc1ccc(C(=O)Oc2ccc(OC(=O)c3ccc(OC(=O)C=C)cc3)c(F)c2)cc1. The Labute approximate surface area is 242 Å². The molecule has 0 aliphatic carbocycles. The van der Waals surface area contributed by atoms with Crippen molar-refractivity contribution in [3.8, 4) is 23.0 Å². The third kappa shape index (κ3) is 10.1. The van der Waals surface area contributed by atoms with Crippen molar-refractivity contribution in [2.45, 2.75) is 25.7 Å². The fraction of sp³-hybridized carbons (Fsp3) is 0.188. The predicted molar refractivity (Wildman–Crippen MR) is 150 cm³/mol. The predicted octanol–water partition coefficient (Wildman–Crippen LogP) is 6.02. The maximum atomic E-state index is 14.6. The molecule has 10 heteroatoms. The standard InChI is InChI=1S/C32H29FO9/c1-3-29(34)39-20-8-6-5-7-19-38-24-13-9-22(10-14-24)31(36)41-26-17-18-28(27(33)21-26)42-32(37)23-11-15-25(16-12-23)40-30(35)4-2/h3-4,9-18,21H,1-2,5-8,19-20H2. The zero-order chi connectivity index (χ0) is 30.3. The van der Waals surface area contributed by atoms with Crippen LogP contribution in [0.2, 0.25) is 0 Å². The number of halogens is 1. The molecule has 0 aliphatic heterocycles. The molecule has 0 N–H and O–H groups in total. The van der Waals surface area contributed by atoms with Crippen molar-refractivity contribution in [1.82, 2.24) is 0 Å². The highest BCUT2D eigenvalue weighted by Crippen LogP contribution is 2.25. The lowest BCUT2D eigenvalue weighted by atomic mass is 10.2. The third-order valence-corrected chi connectivity index (χ3v) is 5.60. The normalized spacial score (nSPS) is 10.2. The summed E-state index contributed by atoms with van der Waals surface area (Å²) in [5.74, 6) is -3.20. The first-order valence-corrected chi connectivity index (χ1v) is 13.0. The van der Waals surface area contributed by atoms with E-state index in [2.05, 4.69) is 13.2 Å². The molecule has 0 radical (unpaired) electrons. The Morgan fingerprint density at radius 3 is 1.76 bits per heavy atom. The average Bonchev–Trinajstić information content (AvgIpc) is 3.00. The van der Waals surface area contributed by atoms with Crippen molar-refractivity contribution in [2.75, 3.05) is 13.2 Å². The molecule has 9 nitrogen and oxygen atoms in total. The van der Waals surface area contributed by atoms with Crippen LogP contribution in [0.5, 0.6) is 23.0 Å². The molecule has 0 saturated heterocycles. The third-order valence-electron chi connectivity index (χ3n) is 5.60. The fourth-order valence-electron chi connectivity index (χ4n) is 3.44. The van der Waals surface area contributed by atoms with E-state index in [-0.39, 0.29) is 28.4 Å². The molecule has 42 heavy (non-hydrogen) atoms. The number of benzene rings is 3. The molecule has 218 valence electrons. The molecule has 3 aromatic carbocycles. The van der Waals surface area contributed by atoms with Gasteiger partial charge in [-0.3, -0.25) is 0 Å². The number of esters is 4. The fourth-order valence-corrected chi connectivity index (χ4v) is 3.44. The molecule has 0 saturated carbocycles. The highest BCUT2D eigenvalue weighted by atomic mass is 19.1. The first-order valence-electron chi connectivity index (χ1n) is 13.0. The van der Waals surface area contributed by atoms with E-state index in [9.17, 15) is 23.6 Å². The summed E-state index contributed by atoms with van der Waals surface area (Å²) in [6.45, 7) is 7.49. The lowest BCUT2D eigenvalue weighted by molar-refractivity contribution is -0.137. The van der Waals surface area contributed by atoms with Crippen LogP contribution in [0.3, 0.4) is 0 Å². The summed E-state index contributed by atoms with van der Waals surface area (Å²) in [6.07, 6.45) is 5.52. The van der Waals surface area contributed by atoms with Crippen LogP contribution in [0.25, 0.3) is 0 Å². The Morgan fingerprint density at radius 1 is 0.619 bits per heavy atom. The maximum absolute atomic E-state index is 14.6. The van der Waals surface area contributed by atoms with E-state index < -0.39 is 29.7 Å². The summed E-state index contributed by atoms with van der Waals surface area (Å²) >= 11 is 0. The van der Waals surface area contributed by atoms with Crippen molar-refractivity contribution in [2.24, 2.45) is 0 Å². The Hall–Kier alpha value is -5.25. The van der Waals surface area contributed by atoms with Gasteiger partial charge in [-0.25, -0.2) is 23.6 Å². The van der Waals surface area contributed by atoms with Crippen LogP contribution in [0.15, 0.2) is 92.0 Å². The Balaban J connectivity index is 1.43. The van der Waals surface area contributed by atoms with Gasteiger partial charge in [-0.1, -0.05) is 13.2 Å². The summed E-state index contributed by atoms with van der Waals surface area (Å²) in [7, 11) is 0. The van der Waals surface area contributed by atoms with Crippen LogP contribution in [-0.4, -0.2) is 37.1 Å². The quantitative estimate of drug-likeness (QED) is 0.0927. The van der Waals surface area contributed by atoms with E-state index in [0.29, 0.717) is 19.0 Å². The zero-order valence-electron chi connectivity index (χ0n) is 22.7. The van der Waals surface area contributed by atoms with Crippen LogP contribution in [0, 0.1) is 5.82 Å². The van der Waals surface area contributed by atoms with Crippen molar-refractivity contribution in [1.29, 1.82) is 0 Å². The molecule has 0 heterocycles. The molecule has 0 atom stereocenters. The van der Waals surface area contributed by atoms with Gasteiger partial charge in [0.25, 0.3) is 0 Å². The van der Waals surface area contributed by atoms with Crippen molar-refractivity contribution in [3.05, 3.63) is 109 Å². The Bertz CT molecular complexity index is 1410. The van der Waals surface area contributed by atoms with Gasteiger partial charge < -0.3 is 23.7 Å². The topological polar surface area (TPSA) is 114 Å². The number of carbonyl (C=O) groups excluding carboxylic acids is 4. The minimum Gasteiger partial charge on any atom is -0.494 e. The first-order chi connectivity index (χ1) is 20.3. The van der Waals surface area contributed by atoms with Gasteiger partial charge in [0, 0.05) is 18.2 Å². The monoisotopic (exact) mass is 576 g/mol. The van der Waals surface area contributed by atoms with Crippen LogP contribution in [-0.2, 0) is 14.3 Å². The van der Waals surface area contributed by atoms with Crippen LogP contribution in [0.4, 0.5) is 4.39 Å². The number of hydrogen-bond acceptors (Lipinski definition) is 9. The second kappa shape index (κ2) is 16.1. The van der Waals surface area contributed by atoms with Gasteiger partial charge in [0.15, 0.2) is 11.6 Å². The van der Waals surface area contributed by atoms with E-state index in [0.717, 1.165) is 43.9 Å².